The molecule has 0 aliphatic heterocycles. The van der Waals surface area contributed by atoms with Gasteiger partial charge < -0.3 is 14.5 Å². The quantitative estimate of drug-likeness (QED) is 0.525. The van der Waals surface area contributed by atoms with Crippen LogP contribution in [0.2, 0.25) is 0 Å². The second kappa shape index (κ2) is 3.85. The van der Waals surface area contributed by atoms with Crippen molar-refractivity contribution in [2.75, 3.05) is 0 Å². The lowest BCUT2D eigenvalue weighted by Crippen LogP contribution is -2.30. The van der Waals surface area contributed by atoms with Gasteiger partial charge in [-0.05, 0) is 27.7 Å². The highest BCUT2D eigenvalue weighted by Crippen LogP contribution is 2.41. The molecule has 0 fully saturated rings. The van der Waals surface area contributed by atoms with Crippen LogP contribution in [-0.4, -0.2) is 21.7 Å². The van der Waals surface area contributed by atoms with Crippen LogP contribution in [0.1, 0.15) is 27.7 Å². The summed E-state index contributed by atoms with van der Waals surface area (Å²) in [7, 11) is -4.47. The topological polar surface area (TPSA) is 76.0 Å². The SMILES string of the molecule is CC(C)OC(C)(C)OP(=O)(O)O. The van der Waals surface area contributed by atoms with E-state index in [1.165, 1.54) is 13.8 Å². The molecule has 0 heterocycles. The van der Waals surface area contributed by atoms with E-state index in [1.54, 1.807) is 13.8 Å². The molecule has 0 aliphatic rings. The highest BCUT2D eigenvalue weighted by Gasteiger charge is 2.30. The van der Waals surface area contributed by atoms with E-state index in [0.29, 0.717) is 0 Å². The summed E-state index contributed by atoms with van der Waals surface area (Å²) in [5.41, 5.74) is 0. The van der Waals surface area contributed by atoms with Gasteiger partial charge in [-0.2, -0.15) is 0 Å². The fraction of sp³-hybridized carbons (Fsp3) is 1.00. The van der Waals surface area contributed by atoms with Crippen LogP contribution >= 0.6 is 7.82 Å². The van der Waals surface area contributed by atoms with Crippen LogP contribution in [0.15, 0.2) is 0 Å². The van der Waals surface area contributed by atoms with Crippen LogP contribution in [0.4, 0.5) is 0 Å². The van der Waals surface area contributed by atoms with Gasteiger partial charge in [0.25, 0.3) is 0 Å². The first kappa shape index (κ1) is 12.1. The van der Waals surface area contributed by atoms with Gasteiger partial charge in [-0.15, -0.1) is 0 Å². The zero-order valence-electron chi connectivity index (χ0n) is 7.64. The summed E-state index contributed by atoms with van der Waals surface area (Å²) >= 11 is 0. The average Bonchev–Trinajstić information content (AvgIpc) is 1.48. The van der Waals surface area contributed by atoms with Crippen molar-refractivity contribution in [2.45, 2.75) is 39.6 Å². The Labute approximate surface area is 71.9 Å². The predicted octanol–water partition coefficient (Wildman–Crippen LogP) is 1.26. The summed E-state index contributed by atoms with van der Waals surface area (Å²) in [5.74, 6) is -1.26. The van der Waals surface area contributed by atoms with Crippen LogP contribution in [0.25, 0.3) is 0 Å². The summed E-state index contributed by atoms with van der Waals surface area (Å²) in [6, 6.07) is 0. The summed E-state index contributed by atoms with van der Waals surface area (Å²) in [6.45, 7) is 6.41. The molecule has 0 rings (SSSR count). The molecule has 0 amide bonds. The molecule has 0 atom stereocenters. The molecule has 0 saturated carbocycles. The molecule has 74 valence electrons. The standard InChI is InChI=1S/C6H15O5P/c1-5(2)10-6(3,4)11-12(7,8)9/h5H,1-4H3,(H2,7,8,9). The van der Waals surface area contributed by atoms with E-state index in [-0.39, 0.29) is 6.10 Å². The third kappa shape index (κ3) is 6.76. The maximum Gasteiger partial charge on any atom is 0.472 e. The molecule has 6 heteroatoms. The second-order valence-corrected chi connectivity index (χ2v) is 4.31. The molecule has 0 aromatic rings. The van der Waals surface area contributed by atoms with Crippen LogP contribution in [-0.2, 0) is 13.8 Å². The number of ether oxygens (including phenoxy) is 1. The molecule has 0 aromatic heterocycles. The molecular weight excluding hydrogens is 183 g/mol. The molecule has 12 heavy (non-hydrogen) atoms. The molecule has 0 unspecified atom stereocenters. The average molecular weight is 198 g/mol. The van der Waals surface area contributed by atoms with Crippen molar-refractivity contribution in [1.82, 2.24) is 0 Å². The van der Waals surface area contributed by atoms with E-state index < -0.39 is 13.6 Å². The van der Waals surface area contributed by atoms with E-state index >= 15 is 0 Å². The summed E-state index contributed by atoms with van der Waals surface area (Å²) < 4.78 is 19.9. The maximum atomic E-state index is 10.4. The molecular formula is C6H15O5P. The van der Waals surface area contributed by atoms with Gasteiger partial charge in [0.1, 0.15) is 0 Å². The van der Waals surface area contributed by atoms with Gasteiger partial charge >= 0.3 is 7.82 Å². The van der Waals surface area contributed by atoms with Crippen LogP contribution in [0.3, 0.4) is 0 Å². The van der Waals surface area contributed by atoms with Crippen LogP contribution < -0.4 is 0 Å². The number of hydrogen-bond donors (Lipinski definition) is 2. The van der Waals surface area contributed by atoms with Crippen molar-refractivity contribution in [3.8, 4) is 0 Å². The van der Waals surface area contributed by atoms with Crippen molar-refractivity contribution >= 4 is 7.82 Å². The Bertz CT molecular complexity index is 182. The first-order valence-corrected chi connectivity index (χ1v) is 5.09. The van der Waals surface area contributed by atoms with E-state index in [4.69, 9.17) is 14.5 Å². The Balaban J connectivity index is 4.14. The zero-order valence-corrected chi connectivity index (χ0v) is 8.54. The third-order valence-electron chi connectivity index (χ3n) is 0.858. The molecule has 0 radical (unpaired) electrons. The van der Waals surface area contributed by atoms with Gasteiger partial charge in [-0.1, -0.05) is 0 Å². The molecule has 0 aromatic carbocycles. The Morgan fingerprint density at radius 1 is 1.33 bits per heavy atom. The second-order valence-electron chi connectivity index (χ2n) is 3.15. The first-order valence-electron chi connectivity index (χ1n) is 3.56. The molecule has 5 nitrogen and oxygen atoms in total. The predicted molar refractivity (Wildman–Crippen MR) is 43.4 cm³/mol. The molecule has 2 N–H and O–H groups in total. The minimum atomic E-state index is -4.47. The van der Waals surface area contributed by atoms with Gasteiger partial charge in [0, 0.05) is 0 Å². The number of phosphoric acid groups is 1. The largest absolute Gasteiger partial charge is 0.472 e. The van der Waals surface area contributed by atoms with Crippen molar-refractivity contribution in [3.63, 3.8) is 0 Å². The molecule has 0 aliphatic carbocycles. The fourth-order valence-electron chi connectivity index (χ4n) is 0.876. The van der Waals surface area contributed by atoms with Crippen molar-refractivity contribution < 1.29 is 23.6 Å². The summed E-state index contributed by atoms with van der Waals surface area (Å²) in [6.07, 6.45) is -0.147. The van der Waals surface area contributed by atoms with Crippen molar-refractivity contribution in [3.05, 3.63) is 0 Å². The molecule has 0 saturated heterocycles. The minimum Gasteiger partial charge on any atom is -0.347 e. The van der Waals surface area contributed by atoms with Gasteiger partial charge in [-0.3, -0.25) is 4.52 Å². The molecule has 0 spiro atoms. The van der Waals surface area contributed by atoms with E-state index in [0.717, 1.165) is 0 Å². The van der Waals surface area contributed by atoms with Crippen LogP contribution in [0.5, 0.6) is 0 Å². The zero-order chi connectivity index (χ0) is 9.99. The minimum absolute atomic E-state index is 0.147. The van der Waals surface area contributed by atoms with Crippen molar-refractivity contribution in [1.29, 1.82) is 0 Å². The first-order chi connectivity index (χ1) is 5.12. The van der Waals surface area contributed by atoms with E-state index in [9.17, 15) is 4.57 Å². The highest BCUT2D eigenvalue weighted by atomic mass is 31.2. The van der Waals surface area contributed by atoms with E-state index in [2.05, 4.69) is 4.52 Å². The monoisotopic (exact) mass is 198 g/mol. The third-order valence-corrected chi connectivity index (χ3v) is 1.54. The van der Waals surface area contributed by atoms with Crippen LogP contribution in [0, 0.1) is 0 Å². The fourth-order valence-corrected chi connectivity index (χ4v) is 1.49. The maximum absolute atomic E-state index is 10.4. The number of phosphoric ester groups is 1. The van der Waals surface area contributed by atoms with Gasteiger partial charge in [0.2, 0.25) is 0 Å². The Hall–Kier alpha value is 0.0700. The van der Waals surface area contributed by atoms with Gasteiger partial charge in [0.15, 0.2) is 5.79 Å². The molecule has 0 bridgehead atoms. The lowest BCUT2D eigenvalue weighted by molar-refractivity contribution is -0.187. The lowest BCUT2D eigenvalue weighted by atomic mass is 10.3. The Morgan fingerprint density at radius 2 is 1.75 bits per heavy atom. The smallest absolute Gasteiger partial charge is 0.347 e. The van der Waals surface area contributed by atoms with Gasteiger partial charge in [0.05, 0.1) is 6.10 Å². The Kier molecular flexibility index (Phi) is 3.87. The summed E-state index contributed by atoms with van der Waals surface area (Å²) in [5, 5.41) is 0. The lowest BCUT2D eigenvalue weighted by Gasteiger charge is -2.27. The number of hydrogen-bond acceptors (Lipinski definition) is 3. The highest BCUT2D eigenvalue weighted by molar-refractivity contribution is 7.46. The Morgan fingerprint density at radius 3 is 2.00 bits per heavy atom. The summed E-state index contributed by atoms with van der Waals surface area (Å²) in [4.78, 5) is 17.0. The van der Waals surface area contributed by atoms with E-state index in [1.807, 2.05) is 0 Å². The number of rotatable bonds is 4. The van der Waals surface area contributed by atoms with Gasteiger partial charge in [-0.25, -0.2) is 4.57 Å². The van der Waals surface area contributed by atoms with Crippen molar-refractivity contribution in [2.24, 2.45) is 0 Å². The normalized spacial score (nSPS) is 13.9.